The van der Waals surface area contributed by atoms with Crippen LogP contribution in [0.4, 0.5) is 5.69 Å². The van der Waals surface area contributed by atoms with E-state index >= 15 is 0 Å². The molecule has 3 aliphatic rings. The van der Waals surface area contributed by atoms with Gasteiger partial charge in [-0.3, -0.25) is 4.98 Å². The van der Waals surface area contributed by atoms with Crippen LogP contribution in [0.1, 0.15) is 94.0 Å². The molecule has 0 aliphatic heterocycles. The fourth-order valence-corrected chi connectivity index (χ4v) is 9.07. The number of carboxylic acid groups (broad SMARTS) is 1. The number of aromatic nitrogens is 1. The van der Waals surface area contributed by atoms with Gasteiger partial charge in [-0.25, -0.2) is 4.79 Å². The van der Waals surface area contributed by atoms with E-state index in [1.807, 2.05) is 31.3 Å². The van der Waals surface area contributed by atoms with E-state index < -0.39 is 11.5 Å². The number of benzene rings is 2. The van der Waals surface area contributed by atoms with E-state index in [1.54, 1.807) is 12.1 Å². The van der Waals surface area contributed by atoms with Crippen LogP contribution in [0, 0.1) is 11.8 Å². The van der Waals surface area contributed by atoms with Crippen LogP contribution in [-0.2, 0) is 23.1 Å². The van der Waals surface area contributed by atoms with Crippen LogP contribution in [0.5, 0.6) is 11.5 Å². The van der Waals surface area contributed by atoms with Crippen molar-refractivity contribution in [2.75, 3.05) is 18.5 Å². The van der Waals surface area contributed by atoms with E-state index in [2.05, 4.69) is 52.2 Å². The van der Waals surface area contributed by atoms with Crippen molar-refractivity contribution in [3.8, 4) is 11.5 Å². The highest BCUT2D eigenvalue weighted by Crippen LogP contribution is 2.57. The maximum Gasteiger partial charge on any atom is 0.329 e. The lowest BCUT2D eigenvalue weighted by Crippen LogP contribution is -2.53. The summed E-state index contributed by atoms with van der Waals surface area (Å²) in [5.74, 6) is 2.21. The largest absolute Gasteiger partial charge is 0.493 e. The molecule has 3 aromatic rings. The quantitative estimate of drug-likeness (QED) is 0.220. The summed E-state index contributed by atoms with van der Waals surface area (Å²) in [4.78, 5) is 17.5. The SMILES string of the molecule is CCOc1cc2c(cc1Br)CC(C[C@@H](C)COc1ccnc3c1[C@H](C)CCC3)C21CCC(Nc2cccc(Cl)c2)(C(=O)O)CC1. The minimum Gasteiger partial charge on any atom is -0.493 e. The number of aliphatic carboxylic acids is 1. The number of carbonyl (C=O) groups is 1. The molecular formula is C37H44BrClN2O4. The molecule has 1 fully saturated rings. The Morgan fingerprint density at radius 2 is 1.96 bits per heavy atom. The third kappa shape index (κ3) is 6.32. The van der Waals surface area contributed by atoms with Crippen molar-refractivity contribution in [3.05, 3.63) is 80.5 Å². The molecule has 2 N–H and O–H groups in total. The van der Waals surface area contributed by atoms with E-state index in [9.17, 15) is 9.90 Å². The number of nitrogens with one attached hydrogen (secondary N) is 1. The number of nitrogens with zero attached hydrogens (tertiary/aromatic N) is 1. The molecule has 0 radical (unpaired) electrons. The zero-order valence-corrected chi connectivity index (χ0v) is 28.8. The lowest BCUT2D eigenvalue weighted by Gasteiger charge is -2.47. The van der Waals surface area contributed by atoms with Gasteiger partial charge in [-0.2, -0.15) is 0 Å². The molecule has 3 atom stereocenters. The van der Waals surface area contributed by atoms with E-state index in [0.29, 0.717) is 48.8 Å². The summed E-state index contributed by atoms with van der Waals surface area (Å²) in [7, 11) is 0. The number of hydrogen-bond acceptors (Lipinski definition) is 5. The fourth-order valence-electron chi connectivity index (χ4n) is 8.37. The van der Waals surface area contributed by atoms with Crippen LogP contribution in [0.25, 0.3) is 0 Å². The number of carboxylic acids is 1. The Morgan fingerprint density at radius 1 is 1.16 bits per heavy atom. The van der Waals surface area contributed by atoms with Crippen molar-refractivity contribution in [3.63, 3.8) is 0 Å². The van der Waals surface area contributed by atoms with Gasteiger partial charge in [0.2, 0.25) is 0 Å². The monoisotopic (exact) mass is 694 g/mol. The number of ether oxygens (including phenoxy) is 2. The maximum atomic E-state index is 12.9. The van der Waals surface area contributed by atoms with Crippen molar-refractivity contribution in [1.29, 1.82) is 0 Å². The topological polar surface area (TPSA) is 80.7 Å². The zero-order valence-electron chi connectivity index (χ0n) is 26.5. The van der Waals surface area contributed by atoms with Gasteiger partial charge in [-0.05, 0) is 151 Å². The molecule has 45 heavy (non-hydrogen) atoms. The van der Waals surface area contributed by atoms with Crippen molar-refractivity contribution in [2.45, 2.75) is 95.4 Å². The Balaban J connectivity index is 1.25. The normalized spacial score (nSPS) is 26.2. The zero-order chi connectivity index (χ0) is 31.8. The van der Waals surface area contributed by atoms with Gasteiger partial charge >= 0.3 is 5.97 Å². The molecule has 0 bridgehead atoms. The molecule has 2 aromatic carbocycles. The van der Waals surface area contributed by atoms with Gasteiger partial charge in [0.15, 0.2) is 0 Å². The minimum atomic E-state index is -1.05. The molecule has 1 heterocycles. The minimum absolute atomic E-state index is 0.130. The second-order valence-electron chi connectivity index (χ2n) is 13.6. The smallest absolute Gasteiger partial charge is 0.329 e. The molecule has 1 saturated carbocycles. The van der Waals surface area contributed by atoms with Gasteiger partial charge in [0.25, 0.3) is 0 Å². The number of anilines is 1. The molecule has 1 aromatic heterocycles. The van der Waals surface area contributed by atoms with Crippen LogP contribution < -0.4 is 14.8 Å². The lowest BCUT2D eigenvalue weighted by molar-refractivity contribution is -0.144. The first kappa shape index (κ1) is 32.2. The molecule has 6 nitrogen and oxygen atoms in total. The average Bonchev–Trinajstić information content (AvgIpc) is 3.28. The maximum absolute atomic E-state index is 12.9. The average molecular weight is 696 g/mol. The molecule has 6 rings (SSSR count). The third-order valence-corrected chi connectivity index (χ3v) is 11.5. The summed E-state index contributed by atoms with van der Waals surface area (Å²) in [6.07, 6.45) is 9.85. The Kier molecular flexibility index (Phi) is 9.41. The van der Waals surface area contributed by atoms with Crippen LogP contribution in [0.3, 0.4) is 0 Å². The Morgan fingerprint density at radius 3 is 2.69 bits per heavy atom. The Bertz CT molecular complexity index is 1550. The lowest BCUT2D eigenvalue weighted by atomic mass is 9.59. The first-order valence-corrected chi connectivity index (χ1v) is 17.6. The fraction of sp³-hybridized carbons (Fsp3) is 0.514. The summed E-state index contributed by atoms with van der Waals surface area (Å²) >= 11 is 10.0. The predicted octanol–water partition coefficient (Wildman–Crippen LogP) is 9.36. The molecule has 0 saturated heterocycles. The van der Waals surface area contributed by atoms with Gasteiger partial charge in [0.1, 0.15) is 17.0 Å². The predicted molar refractivity (Wildman–Crippen MR) is 183 cm³/mol. The second-order valence-corrected chi connectivity index (χ2v) is 14.9. The molecule has 1 unspecified atom stereocenters. The molecule has 3 aliphatic carbocycles. The van der Waals surface area contributed by atoms with Crippen molar-refractivity contribution >= 4 is 39.2 Å². The molecule has 240 valence electrons. The second kappa shape index (κ2) is 13.2. The molecule has 8 heteroatoms. The number of aryl methyl sites for hydroxylation is 1. The summed E-state index contributed by atoms with van der Waals surface area (Å²) in [5, 5.41) is 14.5. The van der Waals surface area contributed by atoms with Crippen molar-refractivity contribution < 1.29 is 19.4 Å². The van der Waals surface area contributed by atoms with Crippen LogP contribution >= 0.6 is 27.5 Å². The number of hydrogen-bond donors (Lipinski definition) is 2. The van der Waals surface area contributed by atoms with E-state index in [0.717, 1.165) is 53.8 Å². The number of pyridine rings is 1. The first-order chi connectivity index (χ1) is 21.6. The summed E-state index contributed by atoms with van der Waals surface area (Å²) in [5.41, 5.74) is 4.71. The first-order valence-electron chi connectivity index (χ1n) is 16.5. The van der Waals surface area contributed by atoms with E-state index in [1.165, 1.54) is 35.2 Å². The van der Waals surface area contributed by atoms with Crippen LogP contribution in [0.15, 0.2) is 53.1 Å². The van der Waals surface area contributed by atoms with Crippen LogP contribution in [0.2, 0.25) is 5.02 Å². The molecule has 1 spiro atoms. The summed E-state index contributed by atoms with van der Waals surface area (Å²) < 4.78 is 13.6. The highest BCUT2D eigenvalue weighted by molar-refractivity contribution is 9.10. The number of fused-ring (bicyclic) bond motifs is 3. The highest BCUT2D eigenvalue weighted by Gasteiger charge is 2.54. The van der Waals surface area contributed by atoms with Gasteiger partial charge in [-0.1, -0.05) is 31.5 Å². The summed E-state index contributed by atoms with van der Waals surface area (Å²) in [6.45, 7) is 7.82. The number of rotatable bonds is 10. The van der Waals surface area contributed by atoms with Crippen LogP contribution in [-0.4, -0.2) is 34.8 Å². The molecule has 0 amide bonds. The van der Waals surface area contributed by atoms with E-state index in [-0.39, 0.29) is 5.41 Å². The molecular weight excluding hydrogens is 652 g/mol. The third-order valence-electron chi connectivity index (χ3n) is 10.6. The van der Waals surface area contributed by atoms with Gasteiger partial charge in [0.05, 0.1) is 17.7 Å². The van der Waals surface area contributed by atoms with Gasteiger partial charge in [0, 0.05) is 28.2 Å². The van der Waals surface area contributed by atoms with Crippen molar-refractivity contribution in [2.24, 2.45) is 11.8 Å². The highest BCUT2D eigenvalue weighted by atomic mass is 79.9. The van der Waals surface area contributed by atoms with E-state index in [4.69, 9.17) is 21.1 Å². The Labute approximate surface area is 280 Å². The number of halogens is 2. The Hall–Kier alpha value is -2.77. The summed E-state index contributed by atoms with van der Waals surface area (Å²) in [6, 6.07) is 13.9. The van der Waals surface area contributed by atoms with Crippen molar-refractivity contribution in [1.82, 2.24) is 4.98 Å². The van der Waals surface area contributed by atoms with Gasteiger partial charge < -0.3 is 19.9 Å². The van der Waals surface area contributed by atoms with Gasteiger partial charge in [-0.15, -0.1) is 0 Å². The standard InChI is InChI=1S/C37H44BrClN2O4/c1-4-44-33-21-29-25(19-30(33)38)18-26(17-23(2)22-45-32-11-16-40-31-10-5-7-24(3)34(31)32)36(29)12-14-37(15-13-36,35(42)43)41-28-9-6-8-27(39)20-28/h6,8-9,11,16,19-21,23-24,26,41H,4-5,7,10,12-15,17-18,22H2,1-3H3,(H,42,43)/t23-,24-,26?,36?,37?/m1/s1.